The Morgan fingerprint density at radius 1 is 1.75 bits per heavy atom. The number of urea groups is 1. The monoisotopic (exact) mass is 116 g/mol. The molecule has 8 heavy (non-hydrogen) atoms. The molecular weight excluding hydrogens is 108 g/mol. The van der Waals surface area contributed by atoms with E-state index in [0.717, 1.165) is 0 Å². The van der Waals surface area contributed by atoms with Crippen LogP contribution in [0.4, 0.5) is 4.79 Å². The Bertz CT molecular complexity index is 98.2. The molecule has 1 aliphatic heterocycles. The molecule has 2 N–H and O–H groups in total. The summed E-state index contributed by atoms with van der Waals surface area (Å²) in [7, 11) is 0. The van der Waals surface area contributed by atoms with Gasteiger partial charge in [0, 0.05) is 6.54 Å². The van der Waals surface area contributed by atoms with Gasteiger partial charge in [-0.05, 0) is 0 Å². The van der Waals surface area contributed by atoms with Crippen molar-refractivity contribution < 1.29 is 9.53 Å². The summed E-state index contributed by atoms with van der Waals surface area (Å²) < 4.78 is 4.84. The summed E-state index contributed by atoms with van der Waals surface area (Å²) in [4.78, 5) is 11.7. The molecule has 0 radical (unpaired) electrons. The van der Waals surface area contributed by atoms with Gasteiger partial charge in [-0.1, -0.05) is 0 Å². The number of ether oxygens (including phenoxy) is 1. The summed E-state index contributed by atoms with van der Waals surface area (Å²) in [6.45, 7) is 1.60. The summed E-state index contributed by atoms with van der Waals surface area (Å²) >= 11 is 0. The molecule has 1 saturated heterocycles. The molecule has 2 amide bonds. The number of nitrogens with zero attached hydrogens (tertiary/aromatic N) is 1. The molecular formula is C4H8N2O2. The third-order valence-corrected chi connectivity index (χ3v) is 1.06. The summed E-state index contributed by atoms with van der Waals surface area (Å²) in [6, 6.07) is -0.400. The number of hydrogen-bond acceptors (Lipinski definition) is 2. The molecule has 0 spiro atoms. The molecule has 46 valence electrons. The number of rotatable bonds is 0. The van der Waals surface area contributed by atoms with Crippen LogP contribution < -0.4 is 5.73 Å². The van der Waals surface area contributed by atoms with Crippen LogP contribution in [0.3, 0.4) is 0 Å². The lowest BCUT2D eigenvalue weighted by atomic mass is 10.6. The SMILES string of the molecule is NC(=O)N1CCOC1. The second-order valence-corrected chi connectivity index (χ2v) is 1.64. The topological polar surface area (TPSA) is 55.6 Å². The fourth-order valence-corrected chi connectivity index (χ4v) is 0.588. The molecule has 1 heterocycles. The highest BCUT2D eigenvalue weighted by molar-refractivity contribution is 5.71. The highest BCUT2D eigenvalue weighted by Gasteiger charge is 2.13. The fraction of sp³-hybridized carbons (Fsp3) is 0.750. The van der Waals surface area contributed by atoms with Gasteiger partial charge in [-0.25, -0.2) is 4.79 Å². The van der Waals surface area contributed by atoms with Crippen molar-refractivity contribution in [3.63, 3.8) is 0 Å². The first-order valence-electron chi connectivity index (χ1n) is 2.43. The van der Waals surface area contributed by atoms with Crippen LogP contribution in [0.1, 0.15) is 0 Å². The van der Waals surface area contributed by atoms with E-state index in [1.165, 1.54) is 4.90 Å². The van der Waals surface area contributed by atoms with Gasteiger partial charge in [0.1, 0.15) is 6.73 Å². The maximum atomic E-state index is 10.3. The summed E-state index contributed by atoms with van der Waals surface area (Å²) in [5.41, 5.74) is 4.90. The first kappa shape index (κ1) is 5.37. The Kier molecular flexibility index (Phi) is 1.34. The quantitative estimate of drug-likeness (QED) is 0.457. The van der Waals surface area contributed by atoms with Crippen LogP contribution in [0.5, 0.6) is 0 Å². The number of hydrogen-bond donors (Lipinski definition) is 1. The van der Waals surface area contributed by atoms with Crippen LogP contribution in [0, 0.1) is 0 Å². The third kappa shape index (κ3) is 0.894. The van der Waals surface area contributed by atoms with E-state index in [1.54, 1.807) is 0 Å². The van der Waals surface area contributed by atoms with E-state index in [0.29, 0.717) is 19.9 Å². The number of carbonyl (C=O) groups is 1. The predicted octanol–water partition coefficient (Wildman–Crippen LogP) is -0.645. The van der Waals surface area contributed by atoms with Crippen LogP contribution in [-0.2, 0) is 4.74 Å². The van der Waals surface area contributed by atoms with Crippen molar-refractivity contribution >= 4 is 6.03 Å². The Morgan fingerprint density at radius 2 is 2.50 bits per heavy atom. The number of primary amides is 1. The standard InChI is InChI=1S/C4H8N2O2/c5-4(7)6-1-2-8-3-6/h1-3H2,(H2,5,7). The minimum atomic E-state index is -0.400. The number of amides is 2. The van der Waals surface area contributed by atoms with Gasteiger partial charge in [-0.15, -0.1) is 0 Å². The van der Waals surface area contributed by atoms with Crippen molar-refractivity contribution in [1.82, 2.24) is 4.90 Å². The average molecular weight is 116 g/mol. The largest absolute Gasteiger partial charge is 0.359 e. The second kappa shape index (κ2) is 2.00. The zero-order valence-corrected chi connectivity index (χ0v) is 4.46. The molecule has 0 bridgehead atoms. The van der Waals surface area contributed by atoms with Crippen molar-refractivity contribution in [2.75, 3.05) is 19.9 Å². The van der Waals surface area contributed by atoms with Crippen molar-refractivity contribution in [2.45, 2.75) is 0 Å². The smallest absolute Gasteiger partial charge is 0.316 e. The fourth-order valence-electron chi connectivity index (χ4n) is 0.588. The Morgan fingerprint density at radius 3 is 2.75 bits per heavy atom. The Hall–Kier alpha value is -0.770. The second-order valence-electron chi connectivity index (χ2n) is 1.64. The maximum absolute atomic E-state index is 10.3. The number of carbonyl (C=O) groups excluding carboxylic acids is 1. The maximum Gasteiger partial charge on any atom is 0.316 e. The molecule has 4 heteroatoms. The molecule has 0 atom stereocenters. The van der Waals surface area contributed by atoms with Crippen molar-refractivity contribution in [1.29, 1.82) is 0 Å². The summed E-state index contributed by atoms with van der Waals surface area (Å²) in [5.74, 6) is 0. The highest BCUT2D eigenvalue weighted by Crippen LogP contribution is 1.95. The molecule has 0 saturated carbocycles. The first-order chi connectivity index (χ1) is 3.80. The Balaban J connectivity index is 2.35. The van der Waals surface area contributed by atoms with Crippen LogP contribution >= 0.6 is 0 Å². The van der Waals surface area contributed by atoms with E-state index < -0.39 is 6.03 Å². The zero-order chi connectivity index (χ0) is 5.98. The van der Waals surface area contributed by atoms with E-state index >= 15 is 0 Å². The molecule has 0 aliphatic carbocycles. The molecule has 0 unspecified atom stereocenters. The molecule has 0 aromatic carbocycles. The van der Waals surface area contributed by atoms with Crippen LogP contribution in [0.2, 0.25) is 0 Å². The van der Waals surface area contributed by atoms with E-state index in [1.807, 2.05) is 0 Å². The highest BCUT2D eigenvalue weighted by atomic mass is 16.5. The van der Waals surface area contributed by atoms with Gasteiger partial charge in [0.05, 0.1) is 6.61 Å². The minimum Gasteiger partial charge on any atom is -0.359 e. The van der Waals surface area contributed by atoms with Crippen LogP contribution in [0.25, 0.3) is 0 Å². The lowest BCUT2D eigenvalue weighted by Crippen LogP contribution is -2.33. The molecule has 1 aliphatic rings. The van der Waals surface area contributed by atoms with Crippen LogP contribution in [0.15, 0.2) is 0 Å². The average Bonchev–Trinajstić information content (AvgIpc) is 2.12. The Labute approximate surface area is 47.2 Å². The van der Waals surface area contributed by atoms with Crippen LogP contribution in [-0.4, -0.2) is 30.8 Å². The molecule has 0 aromatic rings. The predicted molar refractivity (Wildman–Crippen MR) is 27.1 cm³/mol. The zero-order valence-electron chi connectivity index (χ0n) is 4.46. The van der Waals surface area contributed by atoms with Crippen molar-refractivity contribution in [3.05, 3.63) is 0 Å². The third-order valence-electron chi connectivity index (χ3n) is 1.06. The van der Waals surface area contributed by atoms with Gasteiger partial charge in [-0.2, -0.15) is 0 Å². The number of nitrogens with two attached hydrogens (primary N) is 1. The normalized spacial score (nSPS) is 19.2. The molecule has 0 aromatic heterocycles. The summed E-state index contributed by atoms with van der Waals surface area (Å²) in [6.07, 6.45) is 0. The van der Waals surface area contributed by atoms with Gasteiger partial charge in [-0.3, -0.25) is 4.90 Å². The van der Waals surface area contributed by atoms with Gasteiger partial charge in [0.15, 0.2) is 0 Å². The molecule has 1 fully saturated rings. The molecule has 1 rings (SSSR count). The lowest BCUT2D eigenvalue weighted by molar-refractivity contribution is 0.148. The minimum absolute atomic E-state index is 0.356. The van der Waals surface area contributed by atoms with Gasteiger partial charge >= 0.3 is 6.03 Å². The lowest BCUT2D eigenvalue weighted by Gasteiger charge is -2.06. The van der Waals surface area contributed by atoms with E-state index in [9.17, 15) is 4.79 Å². The first-order valence-corrected chi connectivity index (χ1v) is 2.43. The van der Waals surface area contributed by atoms with E-state index in [2.05, 4.69) is 0 Å². The van der Waals surface area contributed by atoms with E-state index in [-0.39, 0.29) is 0 Å². The van der Waals surface area contributed by atoms with E-state index in [4.69, 9.17) is 10.5 Å². The van der Waals surface area contributed by atoms with Gasteiger partial charge < -0.3 is 10.5 Å². The summed E-state index contributed by atoms with van der Waals surface area (Å²) in [5, 5.41) is 0. The van der Waals surface area contributed by atoms with Gasteiger partial charge in [0.2, 0.25) is 0 Å². The van der Waals surface area contributed by atoms with Crippen molar-refractivity contribution in [3.8, 4) is 0 Å². The molecule has 4 nitrogen and oxygen atoms in total. The van der Waals surface area contributed by atoms with Crippen molar-refractivity contribution in [2.24, 2.45) is 5.73 Å². The van der Waals surface area contributed by atoms with Gasteiger partial charge in [0.25, 0.3) is 0 Å².